The minimum Gasteiger partial charge on any atom is -0.494 e. The van der Waals surface area contributed by atoms with Crippen molar-refractivity contribution in [3.05, 3.63) is 40.6 Å². The smallest absolute Gasteiger partial charge is 0.210 e. The molecule has 100 valence electrons. The van der Waals surface area contributed by atoms with Crippen molar-refractivity contribution in [3.8, 4) is 5.75 Å². The molecule has 1 aromatic carbocycles. The third-order valence-electron chi connectivity index (χ3n) is 2.51. The number of anilines is 1. The van der Waals surface area contributed by atoms with Crippen LogP contribution in [-0.4, -0.2) is 27.4 Å². The monoisotopic (exact) mass is 322 g/mol. The highest BCUT2D eigenvalue weighted by molar-refractivity contribution is 9.10. The quantitative estimate of drug-likeness (QED) is 0.802. The van der Waals surface area contributed by atoms with Crippen LogP contribution in [0.2, 0.25) is 0 Å². The fourth-order valence-electron chi connectivity index (χ4n) is 1.61. The molecule has 0 unspecified atom stereocenters. The molecule has 1 aromatic heterocycles. The van der Waals surface area contributed by atoms with Crippen molar-refractivity contribution in [3.63, 3.8) is 0 Å². The Morgan fingerprint density at radius 1 is 1.32 bits per heavy atom. The predicted octanol–water partition coefficient (Wildman–Crippen LogP) is 3.87. The molecule has 0 N–H and O–H groups in total. The fourth-order valence-corrected chi connectivity index (χ4v) is 2.28. The molecular formula is C14H15BrN2O2. The number of hydrogen-bond donors (Lipinski definition) is 0. The first-order valence-electron chi connectivity index (χ1n) is 5.75. The van der Waals surface area contributed by atoms with E-state index in [2.05, 4.69) is 20.9 Å². The Kier molecular flexibility index (Phi) is 4.27. The number of methoxy groups -OCH3 is 1. The molecule has 0 aliphatic carbocycles. The predicted molar refractivity (Wildman–Crippen MR) is 81.0 cm³/mol. The third-order valence-corrected chi connectivity index (χ3v) is 3.08. The Morgan fingerprint density at radius 2 is 2.05 bits per heavy atom. The number of aliphatic imine (C=N–C) groups is 1. The molecule has 0 saturated carbocycles. The summed E-state index contributed by atoms with van der Waals surface area (Å²) in [5.41, 5.74) is 0.768. The standard InChI is InChI=1S/C14H15BrN2O2/c1-17(2)14-11(15)8-10(19-14)9-16-12-6-4-5-7-13(12)18-3/h4-9H,1-3H3. The Labute approximate surface area is 120 Å². The van der Waals surface area contributed by atoms with Crippen LogP contribution in [-0.2, 0) is 0 Å². The summed E-state index contributed by atoms with van der Waals surface area (Å²) in [6, 6.07) is 9.47. The first-order chi connectivity index (χ1) is 9.11. The van der Waals surface area contributed by atoms with Crippen LogP contribution in [0.4, 0.5) is 11.6 Å². The van der Waals surface area contributed by atoms with E-state index in [4.69, 9.17) is 9.15 Å². The number of nitrogens with zero attached hydrogens (tertiary/aromatic N) is 2. The van der Waals surface area contributed by atoms with Crippen LogP contribution in [0, 0.1) is 0 Å². The summed E-state index contributed by atoms with van der Waals surface area (Å²) in [6.07, 6.45) is 1.68. The second-order valence-corrected chi connectivity index (χ2v) is 4.98. The highest BCUT2D eigenvalue weighted by atomic mass is 79.9. The number of halogens is 1. The van der Waals surface area contributed by atoms with Gasteiger partial charge in [-0.25, -0.2) is 4.99 Å². The zero-order chi connectivity index (χ0) is 13.8. The molecule has 2 aromatic rings. The number of ether oxygens (including phenoxy) is 1. The average Bonchev–Trinajstić information content (AvgIpc) is 2.78. The summed E-state index contributed by atoms with van der Waals surface area (Å²) in [4.78, 5) is 6.27. The zero-order valence-corrected chi connectivity index (χ0v) is 12.6. The van der Waals surface area contributed by atoms with Gasteiger partial charge in [0.05, 0.1) is 17.8 Å². The number of benzene rings is 1. The van der Waals surface area contributed by atoms with Gasteiger partial charge in [-0.3, -0.25) is 0 Å². The highest BCUT2D eigenvalue weighted by Crippen LogP contribution is 2.29. The van der Waals surface area contributed by atoms with Gasteiger partial charge >= 0.3 is 0 Å². The van der Waals surface area contributed by atoms with Crippen molar-refractivity contribution in [2.24, 2.45) is 4.99 Å². The van der Waals surface area contributed by atoms with Crippen LogP contribution in [0.5, 0.6) is 5.75 Å². The maximum atomic E-state index is 5.66. The Hall–Kier alpha value is -1.75. The first-order valence-corrected chi connectivity index (χ1v) is 6.55. The molecule has 0 amide bonds. The summed E-state index contributed by atoms with van der Waals surface area (Å²) in [5.74, 6) is 2.18. The van der Waals surface area contributed by atoms with Gasteiger partial charge in [-0.2, -0.15) is 0 Å². The Balaban J connectivity index is 2.25. The van der Waals surface area contributed by atoms with Gasteiger partial charge in [0.25, 0.3) is 0 Å². The van der Waals surface area contributed by atoms with Gasteiger partial charge in [-0.05, 0) is 28.1 Å². The minimum atomic E-state index is 0.682. The third kappa shape index (κ3) is 3.17. The lowest BCUT2D eigenvalue weighted by atomic mass is 10.3. The molecule has 5 heteroatoms. The lowest BCUT2D eigenvalue weighted by Gasteiger charge is -2.07. The molecule has 2 rings (SSSR count). The largest absolute Gasteiger partial charge is 0.494 e. The van der Waals surface area contributed by atoms with E-state index in [-0.39, 0.29) is 0 Å². The van der Waals surface area contributed by atoms with Crippen molar-refractivity contribution in [2.45, 2.75) is 0 Å². The molecule has 1 heterocycles. The van der Waals surface area contributed by atoms with Gasteiger partial charge in [-0.15, -0.1) is 0 Å². The van der Waals surface area contributed by atoms with Crippen molar-refractivity contribution in [1.29, 1.82) is 0 Å². The number of rotatable bonds is 4. The molecule has 0 aliphatic rings. The van der Waals surface area contributed by atoms with E-state index in [0.717, 1.165) is 21.8 Å². The van der Waals surface area contributed by atoms with Crippen molar-refractivity contribution in [2.75, 3.05) is 26.1 Å². The van der Waals surface area contributed by atoms with E-state index in [1.54, 1.807) is 13.3 Å². The molecule has 0 atom stereocenters. The van der Waals surface area contributed by atoms with Crippen LogP contribution in [0.15, 0.2) is 44.2 Å². The zero-order valence-electron chi connectivity index (χ0n) is 11.1. The number of hydrogen-bond acceptors (Lipinski definition) is 4. The number of para-hydroxylation sites is 2. The van der Waals surface area contributed by atoms with Crippen molar-refractivity contribution in [1.82, 2.24) is 0 Å². The molecule has 0 radical (unpaired) electrons. The molecule has 0 aliphatic heterocycles. The van der Waals surface area contributed by atoms with E-state index < -0.39 is 0 Å². The molecule has 0 saturated heterocycles. The van der Waals surface area contributed by atoms with Gasteiger partial charge in [-0.1, -0.05) is 12.1 Å². The van der Waals surface area contributed by atoms with Crippen LogP contribution in [0.1, 0.15) is 5.76 Å². The lowest BCUT2D eigenvalue weighted by Crippen LogP contribution is -2.07. The van der Waals surface area contributed by atoms with Crippen LogP contribution in [0.25, 0.3) is 0 Å². The van der Waals surface area contributed by atoms with E-state index >= 15 is 0 Å². The van der Waals surface area contributed by atoms with E-state index in [9.17, 15) is 0 Å². The molecule has 19 heavy (non-hydrogen) atoms. The molecular weight excluding hydrogens is 308 g/mol. The van der Waals surface area contributed by atoms with Gasteiger partial charge < -0.3 is 14.1 Å². The van der Waals surface area contributed by atoms with Gasteiger partial charge in [0.15, 0.2) is 0 Å². The van der Waals surface area contributed by atoms with Crippen molar-refractivity contribution < 1.29 is 9.15 Å². The normalized spacial score (nSPS) is 10.9. The summed E-state index contributed by atoms with van der Waals surface area (Å²) in [7, 11) is 5.47. The second-order valence-electron chi connectivity index (χ2n) is 4.13. The van der Waals surface area contributed by atoms with Crippen molar-refractivity contribution >= 4 is 33.7 Å². The summed E-state index contributed by atoms with van der Waals surface area (Å²) in [6.45, 7) is 0. The SMILES string of the molecule is COc1ccccc1N=Cc1cc(Br)c(N(C)C)o1. The molecule has 0 fully saturated rings. The highest BCUT2D eigenvalue weighted by Gasteiger charge is 2.09. The van der Waals surface area contributed by atoms with Crippen LogP contribution >= 0.6 is 15.9 Å². The molecule has 0 bridgehead atoms. The molecule has 0 spiro atoms. The topological polar surface area (TPSA) is 38.0 Å². The second kappa shape index (κ2) is 5.93. The maximum absolute atomic E-state index is 5.66. The Morgan fingerprint density at radius 3 is 2.68 bits per heavy atom. The minimum absolute atomic E-state index is 0.682. The van der Waals surface area contributed by atoms with Gasteiger partial charge in [0, 0.05) is 20.2 Å². The van der Waals surface area contributed by atoms with Crippen LogP contribution < -0.4 is 9.64 Å². The maximum Gasteiger partial charge on any atom is 0.210 e. The number of furan rings is 1. The van der Waals surface area contributed by atoms with E-state index in [1.807, 2.05) is 49.3 Å². The van der Waals surface area contributed by atoms with Crippen LogP contribution in [0.3, 0.4) is 0 Å². The average molecular weight is 323 g/mol. The van der Waals surface area contributed by atoms with E-state index in [1.165, 1.54) is 0 Å². The summed E-state index contributed by atoms with van der Waals surface area (Å²) in [5, 5.41) is 0. The first kappa shape index (κ1) is 13.7. The molecule has 4 nitrogen and oxygen atoms in total. The summed E-state index contributed by atoms with van der Waals surface area (Å²) >= 11 is 3.45. The summed E-state index contributed by atoms with van der Waals surface area (Å²) < 4.78 is 11.8. The van der Waals surface area contributed by atoms with E-state index in [0.29, 0.717) is 5.76 Å². The van der Waals surface area contributed by atoms with Gasteiger partial charge in [0.2, 0.25) is 5.88 Å². The van der Waals surface area contributed by atoms with Gasteiger partial charge in [0.1, 0.15) is 17.2 Å². The fraction of sp³-hybridized carbons (Fsp3) is 0.214. The lowest BCUT2D eigenvalue weighted by molar-refractivity contribution is 0.416. The Bertz CT molecular complexity index is 591.